The maximum absolute atomic E-state index is 11.2. The van der Waals surface area contributed by atoms with E-state index in [9.17, 15) is 10.1 Å². The Bertz CT molecular complexity index is 455. The average Bonchev–Trinajstić information content (AvgIpc) is 2.95. The van der Waals surface area contributed by atoms with Crippen molar-refractivity contribution in [1.82, 2.24) is 9.78 Å². The van der Waals surface area contributed by atoms with Crippen molar-refractivity contribution >= 4 is 23.3 Å². The highest BCUT2D eigenvalue weighted by Crippen LogP contribution is 2.30. The highest BCUT2D eigenvalue weighted by atomic mass is 32.2. The van der Waals surface area contributed by atoms with Gasteiger partial charge in [0.05, 0.1) is 4.92 Å². The predicted molar refractivity (Wildman–Crippen MR) is 77.8 cm³/mol. The van der Waals surface area contributed by atoms with Gasteiger partial charge in [-0.2, -0.15) is 16.9 Å². The van der Waals surface area contributed by atoms with E-state index >= 15 is 0 Å². The number of anilines is 1. The van der Waals surface area contributed by atoms with Crippen molar-refractivity contribution in [2.75, 3.05) is 23.4 Å². The summed E-state index contributed by atoms with van der Waals surface area (Å²) in [6.45, 7) is 5.24. The molecule has 19 heavy (non-hydrogen) atoms. The van der Waals surface area contributed by atoms with Crippen LogP contribution in [0.5, 0.6) is 0 Å². The van der Waals surface area contributed by atoms with Gasteiger partial charge < -0.3 is 5.32 Å². The summed E-state index contributed by atoms with van der Waals surface area (Å²) in [6.07, 6.45) is 2.10. The van der Waals surface area contributed by atoms with Crippen molar-refractivity contribution in [3.05, 3.63) is 15.8 Å². The minimum absolute atomic E-state index is 0.124. The molecule has 0 amide bonds. The normalized spacial score (nSPS) is 18.7. The highest BCUT2D eigenvalue weighted by Gasteiger charge is 2.26. The number of hydrogen-bond acceptors (Lipinski definition) is 5. The fourth-order valence-electron chi connectivity index (χ4n) is 2.32. The first kappa shape index (κ1) is 14.2. The number of aromatic nitrogens is 2. The molecule has 6 nitrogen and oxygen atoms in total. The minimum atomic E-state index is -0.333. The van der Waals surface area contributed by atoms with Crippen molar-refractivity contribution in [3.63, 3.8) is 0 Å². The zero-order valence-corrected chi connectivity index (χ0v) is 12.2. The smallest absolute Gasteiger partial charge is 0.333 e. The first-order chi connectivity index (χ1) is 9.13. The Morgan fingerprint density at radius 3 is 3.00 bits per heavy atom. The molecule has 0 spiro atoms. The Kier molecular flexibility index (Phi) is 4.68. The molecule has 1 aromatic heterocycles. The third-order valence-electron chi connectivity index (χ3n) is 3.30. The number of nitro groups is 1. The SMILES string of the molecule is CCCn1nc(C)c([N+](=O)[O-])c1NCC1CCSC1. The summed E-state index contributed by atoms with van der Waals surface area (Å²) in [7, 11) is 0. The van der Waals surface area contributed by atoms with E-state index in [1.54, 1.807) is 11.6 Å². The van der Waals surface area contributed by atoms with Crippen molar-refractivity contribution in [2.24, 2.45) is 5.92 Å². The molecule has 1 aliphatic heterocycles. The van der Waals surface area contributed by atoms with Crippen LogP contribution < -0.4 is 5.32 Å². The molecule has 106 valence electrons. The van der Waals surface area contributed by atoms with Crippen LogP contribution in [0.1, 0.15) is 25.5 Å². The topological polar surface area (TPSA) is 73.0 Å². The van der Waals surface area contributed by atoms with Crippen LogP contribution >= 0.6 is 11.8 Å². The molecule has 0 radical (unpaired) electrons. The Labute approximate surface area is 117 Å². The standard InChI is InChI=1S/C12H20N4O2S/c1-3-5-15-12(11(16(17)18)9(2)14-15)13-7-10-4-6-19-8-10/h10,13H,3-8H2,1-2H3. The van der Waals surface area contributed by atoms with Crippen LogP contribution in [0.15, 0.2) is 0 Å². The second-order valence-corrected chi connectivity index (χ2v) is 6.02. The van der Waals surface area contributed by atoms with E-state index < -0.39 is 0 Å². The molecule has 1 unspecified atom stereocenters. The van der Waals surface area contributed by atoms with Crippen LogP contribution in [0.2, 0.25) is 0 Å². The van der Waals surface area contributed by atoms with Crippen LogP contribution in [0.4, 0.5) is 11.5 Å². The van der Waals surface area contributed by atoms with Gasteiger partial charge in [-0.05, 0) is 37.2 Å². The van der Waals surface area contributed by atoms with Gasteiger partial charge in [-0.25, -0.2) is 4.68 Å². The Morgan fingerprint density at radius 1 is 1.63 bits per heavy atom. The summed E-state index contributed by atoms with van der Waals surface area (Å²) in [6, 6.07) is 0. The molecule has 2 rings (SSSR count). The molecule has 2 heterocycles. The zero-order chi connectivity index (χ0) is 13.8. The van der Waals surface area contributed by atoms with Crippen molar-refractivity contribution in [3.8, 4) is 0 Å². The molecule has 0 bridgehead atoms. The number of nitrogens with zero attached hydrogens (tertiary/aromatic N) is 3. The van der Waals surface area contributed by atoms with Gasteiger partial charge in [-0.15, -0.1) is 0 Å². The van der Waals surface area contributed by atoms with Crippen LogP contribution in [-0.4, -0.2) is 32.8 Å². The Balaban J connectivity index is 2.16. The molecule has 0 saturated carbocycles. The maximum atomic E-state index is 11.2. The molecule has 0 aliphatic carbocycles. The van der Waals surface area contributed by atoms with E-state index in [4.69, 9.17) is 0 Å². The Hall–Kier alpha value is -1.24. The van der Waals surface area contributed by atoms with E-state index in [2.05, 4.69) is 10.4 Å². The summed E-state index contributed by atoms with van der Waals surface area (Å²) < 4.78 is 1.73. The molecule has 1 N–H and O–H groups in total. The van der Waals surface area contributed by atoms with Gasteiger partial charge in [0.2, 0.25) is 5.82 Å². The first-order valence-electron chi connectivity index (χ1n) is 6.66. The van der Waals surface area contributed by atoms with Crippen LogP contribution in [0, 0.1) is 23.0 Å². The Morgan fingerprint density at radius 2 is 2.42 bits per heavy atom. The monoisotopic (exact) mass is 284 g/mol. The van der Waals surface area contributed by atoms with E-state index in [-0.39, 0.29) is 10.6 Å². The summed E-state index contributed by atoms with van der Waals surface area (Å²) in [4.78, 5) is 10.8. The number of hydrogen-bond donors (Lipinski definition) is 1. The lowest BCUT2D eigenvalue weighted by Gasteiger charge is -2.12. The second-order valence-electron chi connectivity index (χ2n) is 4.87. The molecule has 7 heteroatoms. The van der Waals surface area contributed by atoms with Gasteiger partial charge in [0.1, 0.15) is 5.69 Å². The first-order valence-corrected chi connectivity index (χ1v) is 7.82. The summed E-state index contributed by atoms with van der Waals surface area (Å²) in [5.74, 6) is 3.51. The summed E-state index contributed by atoms with van der Waals surface area (Å²) >= 11 is 1.95. The quantitative estimate of drug-likeness (QED) is 0.642. The lowest BCUT2D eigenvalue weighted by molar-refractivity contribution is -0.384. The molecular formula is C12H20N4O2S. The average molecular weight is 284 g/mol. The third kappa shape index (κ3) is 3.20. The van der Waals surface area contributed by atoms with E-state index in [0.717, 1.165) is 18.7 Å². The van der Waals surface area contributed by atoms with Crippen molar-refractivity contribution < 1.29 is 4.92 Å². The number of rotatable bonds is 6. The molecule has 1 saturated heterocycles. The van der Waals surface area contributed by atoms with Gasteiger partial charge >= 0.3 is 5.69 Å². The van der Waals surface area contributed by atoms with Gasteiger partial charge in [0.25, 0.3) is 0 Å². The maximum Gasteiger partial charge on any atom is 0.333 e. The fraction of sp³-hybridized carbons (Fsp3) is 0.750. The van der Waals surface area contributed by atoms with Gasteiger partial charge in [0, 0.05) is 13.1 Å². The molecule has 1 atom stereocenters. The van der Waals surface area contributed by atoms with E-state index in [0.29, 0.717) is 24.0 Å². The van der Waals surface area contributed by atoms with E-state index in [1.807, 2.05) is 18.7 Å². The lowest BCUT2D eigenvalue weighted by atomic mass is 10.1. The van der Waals surface area contributed by atoms with Crippen LogP contribution in [0.3, 0.4) is 0 Å². The highest BCUT2D eigenvalue weighted by molar-refractivity contribution is 7.99. The number of aryl methyl sites for hydroxylation is 2. The van der Waals surface area contributed by atoms with Crippen LogP contribution in [-0.2, 0) is 6.54 Å². The van der Waals surface area contributed by atoms with E-state index in [1.165, 1.54) is 12.2 Å². The zero-order valence-electron chi connectivity index (χ0n) is 11.4. The lowest BCUT2D eigenvalue weighted by Crippen LogP contribution is -2.17. The van der Waals surface area contributed by atoms with Crippen molar-refractivity contribution in [2.45, 2.75) is 33.2 Å². The van der Waals surface area contributed by atoms with Gasteiger partial charge in [-0.3, -0.25) is 10.1 Å². The minimum Gasteiger partial charge on any atom is -0.364 e. The third-order valence-corrected chi connectivity index (χ3v) is 4.53. The number of nitrogens with one attached hydrogen (secondary N) is 1. The molecule has 1 aliphatic rings. The molecule has 1 fully saturated rings. The second kappa shape index (κ2) is 6.27. The largest absolute Gasteiger partial charge is 0.364 e. The van der Waals surface area contributed by atoms with Crippen molar-refractivity contribution in [1.29, 1.82) is 0 Å². The predicted octanol–water partition coefficient (Wildman–Crippen LogP) is 2.67. The molecule has 0 aromatic carbocycles. The molecule has 1 aromatic rings. The number of thioether (sulfide) groups is 1. The van der Waals surface area contributed by atoms with Gasteiger partial charge in [-0.1, -0.05) is 6.92 Å². The summed E-state index contributed by atoms with van der Waals surface area (Å²) in [5, 5.41) is 18.7. The summed E-state index contributed by atoms with van der Waals surface area (Å²) in [5.41, 5.74) is 0.612. The molecular weight excluding hydrogens is 264 g/mol. The van der Waals surface area contributed by atoms with Gasteiger partial charge in [0.15, 0.2) is 0 Å². The van der Waals surface area contributed by atoms with Crippen LogP contribution in [0.25, 0.3) is 0 Å². The fourth-order valence-corrected chi connectivity index (χ4v) is 3.61.